The third-order valence-corrected chi connectivity index (χ3v) is 6.87. The number of aliphatic hydroxyl groups excluding tert-OH is 1. The maximum atomic E-state index is 9.83. The summed E-state index contributed by atoms with van der Waals surface area (Å²) >= 11 is 1.65. The van der Waals surface area contributed by atoms with E-state index in [0.29, 0.717) is 18.0 Å². The molecule has 3 N–H and O–H groups in total. The lowest BCUT2D eigenvalue weighted by atomic mass is 9.93. The summed E-state index contributed by atoms with van der Waals surface area (Å²) in [4.78, 5) is 16.7. The molecule has 0 amide bonds. The van der Waals surface area contributed by atoms with Gasteiger partial charge in [0.2, 0.25) is 5.95 Å². The largest absolute Gasteiger partial charge is 0.393 e. The van der Waals surface area contributed by atoms with Crippen molar-refractivity contribution < 1.29 is 5.11 Å². The van der Waals surface area contributed by atoms with Crippen LogP contribution < -0.4 is 10.6 Å². The molecule has 1 aliphatic carbocycles. The monoisotopic (exact) mass is 457 g/mol. The first kappa shape index (κ1) is 22.9. The van der Waals surface area contributed by atoms with Crippen LogP contribution in [0.25, 0.3) is 16.9 Å². The third kappa shape index (κ3) is 5.22. The van der Waals surface area contributed by atoms with Gasteiger partial charge < -0.3 is 15.7 Å². The fraction of sp³-hybridized carbons (Fsp3) is 0.609. The zero-order valence-electron chi connectivity index (χ0n) is 19.5. The van der Waals surface area contributed by atoms with Crippen molar-refractivity contribution in [3.63, 3.8) is 0 Å². The Morgan fingerprint density at radius 2 is 1.91 bits per heavy atom. The van der Waals surface area contributed by atoms with Crippen LogP contribution in [0.3, 0.4) is 0 Å². The van der Waals surface area contributed by atoms with Gasteiger partial charge in [0.1, 0.15) is 6.33 Å². The van der Waals surface area contributed by atoms with Crippen LogP contribution in [-0.4, -0.2) is 66.8 Å². The van der Waals surface area contributed by atoms with E-state index in [4.69, 9.17) is 9.97 Å². The highest BCUT2D eigenvalue weighted by atomic mass is 32.1. The number of imidazole rings is 1. The number of anilines is 2. The topological polar surface area (TPSA) is 91.1 Å². The van der Waals surface area contributed by atoms with Gasteiger partial charge in [-0.2, -0.15) is 21.3 Å². The molecule has 3 aromatic rings. The number of hydrogen-bond donors (Lipinski definition) is 3. The molecule has 0 atom stereocenters. The lowest BCUT2D eigenvalue weighted by Gasteiger charge is -2.30. The van der Waals surface area contributed by atoms with Crippen LogP contribution in [0.15, 0.2) is 23.2 Å². The second-order valence-electron chi connectivity index (χ2n) is 9.17. The number of aromatic nitrogens is 4. The Labute approximate surface area is 194 Å². The standard InChI is InChI=1S/C23H35N7OS/c1-15(2)29(16(3)4)11-10-24-21-20-22(30(14-25-20)18-9-12-32-13-18)28-23(27-21)26-17-5-7-19(31)8-6-17/h9,12-17,19,31H,5-8,10-11H2,1-4H3,(H2,24,26,27,28). The minimum Gasteiger partial charge on any atom is -0.393 e. The van der Waals surface area contributed by atoms with Gasteiger partial charge in [0.25, 0.3) is 0 Å². The van der Waals surface area contributed by atoms with Gasteiger partial charge in [0.15, 0.2) is 17.0 Å². The first-order chi connectivity index (χ1) is 15.4. The average molecular weight is 458 g/mol. The summed E-state index contributed by atoms with van der Waals surface area (Å²) in [6.07, 6.45) is 5.12. The van der Waals surface area contributed by atoms with Crippen LogP contribution in [0.5, 0.6) is 0 Å². The Balaban J connectivity index is 1.59. The van der Waals surface area contributed by atoms with Gasteiger partial charge in [-0.15, -0.1) is 0 Å². The molecule has 0 spiro atoms. The summed E-state index contributed by atoms with van der Waals surface area (Å²) < 4.78 is 2.02. The normalized spacial score (nSPS) is 19.4. The molecule has 32 heavy (non-hydrogen) atoms. The maximum absolute atomic E-state index is 9.83. The molecule has 8 nitrogen and oxygen atoms in total. The minimum atomic E-state index is -0.182. The van der Waals surface area contributed by atoms with Gasteiger partial charge in [0, 0.05) is 36.6 Å². The van der Waals surface area contributed by atoms with Crippen molar-refractivity contribution in [3.05, 3.63) is 23.2 Å². The predicted octanol–water partition coefficient (Wildman–Crippen LogP) is 4.12. The Morgan fingerprint density at radius 3 is 2.56 bits per heavy atom. The lowest BCUT2D eigenvalue weighted by molar-refractivity contribution is 0.126. The van der Waals surface area contributed by atoms with Gasteiger partial charge in [-0.1, -0.05) is 0 Å². The third-order valence-electron chi connectivity index (χ3n) is 6.20. The number of fused-ring (bicyclic) bond motifs is 1. The maximum Gasteiger partial charge on any atom is 0.227 e. The Bertz CT molecular complexity index is 985. The van der Waals surface area contributed by atoms with E-state index in [0.717, 1.165) is 61.4 Å². The summed E-state index contributed by atoms with van der Waals surface area (Å²) in [5.41, 5.74) is 2.63. The predicted molar refractivity (Wildman–Crippen MR) is 132 cm³/mol. The molecule has 174 valence electrons. The number of rotatable bonds is 9. The van der Waals surface area contributed by atoms with Crippen LogP contribution >= 0.6 is 11.3 Å². The van der Waals surface area contributed by atoms with E-state index < -0.39 is 0 Å². The molecule has 3 heterocycles. The zero-order valence-corrected chi connectivity index (χ0v) is 20.3. The SMILES string of the molecule is CC(C)N(CCNc1nc(NC2CCC(O)CC2)nc2c1ncn2-c1ccsc1)C(C)C. The highest BCUT2D eigenvalue weighted by molar-refractivity contribution is 7.08. The van der Waals surface area contributed by atoms with Crippen molar-refractivity contribution in [2.45, 2.75) is 77.6 Å². The summed E-state index contributed by atoms with van der Waals surface area (Å²) in [7, 11) is 0. The van der Waals surface area contributed by atoms with Crippen molar-refractivity contribution in [2.75, 3.05) is 23.7 Å². The van der Waals surface area contributed by atoms with Crippen LogP contribution in [0.1, 0.15) is 53.4 Å². The van der Waals surface area contributed by atoms with Crippen molar-refractivity contribution >= 4 is 34.3 Å². The summed E-state index contributed by atoms with van der Waals surface area (Å²) in [5, 5.41) is 21.0. The lowest BCUT2D eigenvalue weighted by Crippen LogP contribution is -2.40. The molecular weight excluding hydrogens is 422 g/mol. The second kappa shape index (κ2) is 10.1. The molecule has 0 aliphatic heterocycles. The molecule has 0 aromatic carbocycles. The average Bonchev–Trinajstić information content (AvgIpc) is 3.42. The summed E-state index contributed by atoms with van der Waals surface area (Å²) in [6, 6.07) is 3.32. The molecular formula is C23H35N7OS. The van der Waals surface area contributed by atoms with Gasteiger partial charge in [0.05, 0.1) is 11.8 Å². The highest BCUT2D eigenvalue weighted by Crippen LogP contribution is 2.26. The minimum absolute atomic E-state index is 0.182. The molecule has 0 radical (unpaired) electrons. The highest BCUT2D eigenvalue weighted by Gasteiger charge is 2.22. The quantitative estimate of drug-likeness (QED) is 0.445. The number of nitrogens with one attached hydrogen (secondary N) is 2. The fourth-order valence-electron chi connectivity index (χ4n) is 4.49. The van der Waals surface area contributed by atoms with E-state index in [1.165, 1.54) is 0 Å². The van der Waals surface area contributed by atoms with Crippen molar-refractivity contribution in [1.82, 2.24) is 24.4 Å². The van der Waals surface area contributed by atoms with Gasteiger partial charge in [-0.05, 0) is 64.8 Å². The summed E-state index contributed by atoms with van der Waals surface area (Å²) in [5.74, 6) is 1.37. The van der Waals surface area contributed by atoms with E-state index in [-0.39, 0.29) is 12.1 Å². The molecule has 3 aromatic heterocycles. The Morgan fingerprint density at radius 1 is 1.16 bits per heavy atom. The molecule has 0 unspecified atom stereocenters. The van der Waals surface area contributed by atoms with Crippen molar-refractivity contribution in [3.8, 4) is 5.69 Å². The van der Waals surface area contributed by atoms with Crippen molar-refractivity contribution in [2.24, 2.45) is 0 Å². The molecule has 0 bridgehead atoms. The fourth-order valence-corrected chi connectivity index (χ4v) is 5.12. The number of thiophene rings is 1. The first-order valence-electron chi connectivity index (χ1n) is 11.6. The molecule has 9 heteroatoms. The number of nitrogens with zero attached hydrogens (tertiary/aromatic N) is 5. The Kier molecular flexibility index (Phi) is 7.27. The molecule has 1 saturated carbocycles. The molecule has 0 saturated heterocycles. The van der Waals surface area contributed by atoms with E-state index in [1.54, 1.807) is 11.3 Å². The van der Waals surface area contributed by atoms with Crippen molar-refractivity contribution in [1.29, 1.82) is 0 Å². The molecule has 1 aliphatic rings. The molecule has 1 fully saturated rings. The van der Waals surface area contributed by atoms with Gasteiger partial charge in [-0.3, -0.25) is 9.47 Å². The number of hydrogen-bond acceptors (Lipinski definition) is 8. The van der Waals surface area contributed by atoms with Gasteiger partial charge in [-0.25, -0.2) is 4.98 Å². The van der Waals surface area contributed by atoms with Crippen LogP contribution in [0.4, 0.5) is 11.8 Å². The van der Waals surface area contributed by atoms with E-state index >= 15 is 0 Å². The second-order valence-corrected chi connectivity index (χ2v) is 9.95. The van der Waals surface area contributed by atoms with Crippen LogP contribution in [0.2, 0.25) is 0 Å². The van der Waals surface area contributed by atoms with E-state index in [1.807, 2.05) is 10.9 Å². The smallest absolute Gasteiger partial charge is 0.227 e. The Hall–Kier alpha value is -2.23. The first-order valence-corrected chi connectivity index (χ1v) is 12.6. The summed E-state index contributed by atoms with van der Waals surface area (Å²) in [6.45, 7) is 10.6. The molecule has 4 rings (SSSR count). The van der Waals surface area contributed by atoms with E-state index in [2.05, 4.69) is 65.0 Å². The van der Waals surface area contributed by atoms with E-state index in [9.17, 15) is 5.11 Å². The van der Waals surface area contributed by atoms with Crippen LogP contribution in [-0.2, 0) is 0 Å². The number of aliphatic hydroxyl groups is 1. The van der Waals surface area contributed by atoms with Crippen LogP contribution in [0, 0.1) is 0 Å². The van der Waals surface area contributed by atoms with Gasteiger partial charge >= 0.3 is 0 Å². The zero-order chi connectivity index (χ0) is 22.7.